The molecule has 1 aromatic heterocycles. The molecule has 1 heterocycles. The molecule has 2 aromatic rings. The van der Waals surface area contributed by atoms with Crippen LogP contribution in [0.15, 0.2) is 48.7 Å². The van der Waals surface area contributed by atoms with Crippen LogP contribution in [0.3, 0.4) is 0 Å². The second kappa shape index (κ2) is 5.11. The molecule has 2 rings (SSSR count). The van der Waals surface area contributed by atoms with E-state index in [0.717, 1.165) is 29.3 Å². The zero-order valence-electron chi connectivity index (χ0n) is 10.2. The van der Waals surface area contributed by atoms with E-state index >= 15 is 0 Å². The summed E-state index contributed by atoms with van der Waals surface area (Å²) in [5.74, 6) is 0. The zero-order valence-corrected chi connectivity index (χ0v) is 10.2. The molecule has 1 atom stereocenters. The van der Waals surface area contributed by atoms with Crippen LogP contribution in [0.25, 0.3) is 10.9 Å². The summed E-state index contributed by atoms with van der Waals surface area (Å²) in [5, 5.41) is 1.14. The highest BCUT2D eigenvalue weighted by Crippen LogP contribution is 2.25. The molecule has 17 heavy (non-hydrogen) atoms. The summed E-state index contributed by atoms with van der Waals surface area (Å²) in [5.41, 5.74) is 9.54. The molecule has 0 saturated carbocycles. The second-order valence-electron chi connectivity index (χ2n) is 4.34. The van der Waals surface area contributed by atoms with E-state index in [1.54, 1.807) is 0 Å². The van der Waals surface area contributed by atoms with Crippen molar-refractivity contribution in [2.75, 3.05) is 0 Å². The molecule has 0 radical (unpaired) electrons. The van der Waals surface area contributed by atoms with E-state index in [2.05, 4.69) is 36.7 Å². The number of hydrogen-bond acceptors (Lipinski definition) is 2. The Morgan fingerprint density at radius 2 is 2.12 bits per heavy atom. The number of pyridine rings is 1. The largest absolute Gasteiger partial charge is 0.324 e. The Bertz CT molecular complexity index is 526. The van der Waals surface area contributed by atoms with Crippen molar-refractivity contribution in [2.45, 2.75) is 25.8 Å². The molecular formula is C15H18N2. The predicted octanol–water partition coefficient (Wildman–Crippen LogP) is 3.59. The van der Waals surface area contributed by atoms with Gasteiger partial charge in [0, 0.05) is 17.6 Å². The van der Waals surface area contributed by atoms with Gasteiger partial charge in [0.2, 0.25) is 0 Å². The number of hydrogen-bond donors (Lipinski definition) is 1. The van der Waals surface area contributed by atoms with Crippen LogP contribution in [-0.4, -0.2) is 4.98 Å². The first-order valence-corrected chi connectivity index (χ1v) is 5.98. The van der Waals surface area contributed by atoms with Crippen LogP contribution >= 0.6 is 0 Å². The summed E-state index contributed by atoms with van der Waals surface area (Å²) in [6.45, 7) is 6.13. The molecule has 1 aromatic carbocycles. The minimum Gasteiger partial charge on any atom is -0.324 e. The Labute approximate surface area is 102 Å². The van der Waals surface area contributed by atoms with E-state index in [1.165, 1.54) is 5.57 Å². The third kappa shape index (κ3) is 2.53. The first-order chi connectivity index (χ1) is 8.22. The van der Waals surface area contributed by atoms with Gasteiger partial charge in [0.25, 0.3) is 0 Å². The highest BCUT2D eigenvalue weighted by atomic mass is 14.7. The van der Waals surface area contributed by atoms with Gasteiger partial charge in [-0.1, -0.05) is 43.3 Å². The number of aromatic nitrogens is 1. The lowest BCUT2D eigenvalue weighted by Crippen LogP contribution is -2.11. The summed E-state index contributed by atoms with van der Waals surface area (Å²) in [4.78, 5) is 4.43. The standard InChI is InChI=1S/C15H18N2/c1-3-11(2)10-14(16)13-8-4-6-12-7-5-9-17-15(12)13/h4-9,14H,2-3,10,16H2,1H3. The monoisotopic (exact) mass is 226 g/mol. The summed E-state index contributed by atoms with van der Waals surface area (Å²) in [7, 11) is 0. The maximum atomic E-state index is 6.24. The summed E-state index contributed by atoms with van der Waals surface area (Å²) < 4.78 is 0. The van der Waals surface area contributed by atoms with Gasteiger partial charge >= 0.3 is 0 Å². The van der Waals surface area contributed by atoms with E-state index in [0.29, 0.717) is 0 Å². The Morgan fingerprint density at radius 3 is 2.88 bits per heavy atom. The number of fused-ring (bicyclic) bond motifs is 1. The van der Waals surface area contributed by atoms with Gasteiger partial charge in [-0.15, -0.1) is 0 Å². The first kappa shape index (κ1) is 11.8. The molecule has 0 fully saturated rings. The average Bonchev–Trinajstić information content (AvgIpc) is 2.37. The number of para-hydroxylation sites is 1. The van der Waals surface area contributed by atoms with Crippen LogP contribution in [0.4, 0.5) is 0 Å². The highest BCUT2D eigenvalue weighted by molar-refractivity contribution is 5.82. The second-order valence-corrected chi connectivity index (χ2v) is 4.34. The van der Waals surface area contributed by atoms with Crippen LogP contribution in [0.5, 0.6) is 0 Å². The minimum absolute atomic E-state index is 0.0129. The maximum Gasteiger partial charge on any atom is 0.0749 e. The predicted molar refractivity (Wildman–Crippen MR) is 72.7 cm³/mol. The van der Waals surface area contributed by atoms with E-state index < -0.39 is 0 Å². The van der Waals surface area contributed by atoms with Crippen molar-refractivity contribution in [1.82, 2.24) is 4.98 Å². The van der Waals surface area contributed by atoms with E-state index in [-0.39, 0.29) is 6.04 Å². The maximum absolute atomic E-state index is 6.24. The molecule has 2 nitrogen and oxygen atoms in total. The molecule has 0 aliphatic rings. The smallest absolute Gasteiger partial charge is 0.0749 e. The van der Waals surface area contributed by atoms with Gasteiger partial charge in [0.1, 0.15) is 0 Å². The van der Waals surface area contributed by atoms with E-state index in [4.69, 9.17) is 5.73 Å². The van der Waals surface area contributed by atoms with E-state index in [1.807, 2.05) is 18.3 Å². The molecule has 0 aliphatic heterocycles. The molecule has 0 bridgehead atoms. The number of rotatable bonds is 4. The number of nitrogens with zero attached hydrogens (tertiary/aromatic N) is 1. The van der Waals surface area contributed by atoms with Gasteiger partial charge in [-0.3, -0.25) is 4.98 Å². The number of nitrogens with two attached hydrogens (primary N) is 1. The van der Waals surface area contributed by atoms with Crippen LogP contribution in [0.2, 0.25) is 0 Å². The number of benzene rings is 1. The summed E-state index contributed by atoms with van der Waals surface area (Å²) in [6.07, 6.45) is 3.62. The molecule has 0 aliphatic carbocycles. The van der Waals surface area contributed by atoms with Crippen molar-refractivity contribution in [3.8, 4) is 0 Å². The summed E-state index contributed by atoms with van der Waals surface area (Å²) in [6, 6.07) is 10.2. The van der Waals surface area contributed by atoms with Crippen molar-refractivity contribution >= 4 is 10.9 Å². The first-order valence-electron chi connectivity index (χ1n) is 5.98. The van der Waals surface area contributed by atoms with Gasteiger partial charge in [0.15, 0.2) is 0 Å². The quantitative estimate of drug-likeness (QED) is 0.809. The molecular weight excluding hydrogens is 208 g/mol. The van der Waals surface area contributed by atoms with Gasteiger partial charge in [-0.2, -0.15) is 0 Å². The van der Waals surface area contributed by atoms with Crippen LogP contribution in [-0.2, 0) is 0 Å². The molecule has 0 saturated heterocycles. The van der Waals surface area contributed by atoms with Crippen molar-refractivity contribution in [2.24, 2.45) is 5.73 Å². The lowest BCUT2D eigenvalue weighted by molar-refractivity contribution is 0.705. The zero-order chi connectivity index (χ0) is 12.3. The Hall–Kier alpha value is -1.67. The highest BCUT2D eigenvalue weighted by Gasteiger charge is 2.11. The minimum atomic E-state index is -0.0129. The molecule has 0 amide bonds. The van der Waals surface area contributed by atoms with Crippen LogP contribution < -0.4 is 5.73 Å². The molecule has 0 spiro atoms. The molecule has 2 heteroatoms. The van der Waals surface area contributed by atoms with Crippen LogP contribution in [0.1, 0.15) is 31.4 Å². The molecule has 88 valence electrons. The molecule has 2 N–H and O–H groups in total. The van der Waals surface area contributed by atoms with Crippen molar-refractivity contribution in [3.05, 3.63) is 54.2 Å². The lowest BCUT2D eigenvalue weighted by atomic mass is 9.97. The van der Waals surface area contributed by atoms with Gasteiger partial charge in [0.05, 0.1) is 5.52 Å². The SMILES string of the molecule is C=C(CC)CC(N)c1cccc2cccnc12. The fraction of sp³-hybridized carbons (Fsp3) is 0.267. The Kier molecular flexibility index (Phi) is 3.55. The third-order valence-corrected chi connectivity index (χ3v) is 3.07. The fourth-order valence-electron chi connectivity index (χ4n) is 1.99. The average molecular weight is 226 g/mol. The third-order valence-electron chi connectivity index (χ3n) is 3.07. The topological polar surface area (TPSA) is 38.9 Å². The van der Waals surface area contributed by atoms with E-state index in [9.17, 15) is 0 Å². The van der Waals surface area contributed by atoms with Gasteiger partial charge in [-0.05, 0) is 24.5 Å². The van der Waals surface area contributed by atoms with Gasteiger partial charge in [-0.25, -0.2) is 0 Å². The van der Waals surface area contributed by atoms with Crippen molar-refractivity contribution in [3.63, 3.8) is 0 Å². The van der Waals surface area contributed by atoms with Crippen molar-refractivity contribution in [1.29, 1.82) is 0 Å². The normalized spacial score (nSPS) is 12.6. The Balaban J connectivity index is 2.38. The van der Waals surface area contributed by atoms with Gasteiger partial charge < -0.3 is 5.73 Å². The van der Waals surface area contributed by atoms with Crippen molar-refractivity contribution < 1.29 is 0 Å². The Morgan fingerprint density at radius 1 is 1.35 bits per heavy atom. The lowest BCUT2D eigenvalue weighted by Gasteiger charge is -2.14. The van der Waals surface area contributed by atoms with Crippen LogP contribution in [0, 0.1) is 0 Å². The molecule has 1 unspecified atom stereocenters. The summed E-state index contributed by atoms with van der Waals surface area (Å²) >= 11 is 0. The fourth-order valence-corrected chi connectivity index (χ4v) is 1.99.